The minimum atomic E-state index is -1.18. The summed E-state index contributed by atoms with van der Waals surface area (Å²) in [6.07, 6.45) is 5.81. The van der Waals surface area contributed by atoms with Crippen molar-refractivity contribution in [1.82, 2.24) is 19.6 Å². The smallest absolute Gasteiger partial charge is 0.248 e. The molecule has 1 N–H and O–H groups in total. The molecule has 4 aliphatic heterocycles. The molecule has 5 rings (SSSR count). The van der Waals surface area contributed by atoms with Crippen molar-refractivity contribution in [2.75, 3.05) is 65.6 Å². The van der Waals surface area contributed by atoms with Crippen LogP contribution in [0.25, 0.3) is 0 Å². The Hall–Kier alpha value is -3.05. The summed E-state index contributed by atoms with van der Waals surface area (Å²) in [6.45, 7) is 16.7. The van der Waals surface area contributed by atoms with Gasteiger partial charge in [0.05, 0.1) is 43.3 Å². The number of nitrogens with zero attached hydrogens (tertiary/aromatic N) is 4. The number of benzene rings is 1. The number of carbonyl (C=O) groups excluding carboxylic acids is 3. The van der Waals surface area contributed by atoms with E-state index >= 15 is 0 Å². The lowest BCUT2D eigenvalue weighted by Crippen LogP contribution is -2.58. The molecule has 1 aromatic carbocycles. The lowest BCUT2D eigenvalue weighted by molar-refractivity contribution is -0.158. The second-order valence-electron chi connectivity index (χ2n) is 12.8. The molecule has 10 heteroatoms. The molecular weight excluding hydrogens is 572 g/mol. The van der Waals surface area contributed by atoms with Gasteiger partial charge in [-0.3, -0.25) is 19.3 Å². The summed E-state index contributed by atoms with van der Waals surface area (Å²) in [5.41, 5.74) is -1.29. The highest BCUT2D eigenvalue weighted by Crippen LogP contribution is 2.65. The Morgan fingerprint density at radius 1 is 1.04 bits per heavy atom. The Morgan fingerprint density at radius 2 is 1.71 bits per heavy atom. The number of hydrogen-bond acceptors (Lipinski definition) is 7. The number of amides is 3. The van der Waals surface area contributed by atoms with Crippen LogP contribution in [0, 0.1) is 11.8 Å². The zero-order valence-electron chi connectivity index (χ0n) is 26.9. The first-order valence-corrected chi connectivity index (χ1v) is 16.6. The van der Waals surface area contributed by atoms with Crippen LogP contribution in [0.2, 0.25) is 0 Å². The van der Waals surface area contributed by atoms with E-state index < -0.39 is 35.1 Å². The minimum Gasteiger partial charge on any atom is -0.394 e. The van der Waals surface area contributed by atoms with Gasteiger partial charge in [-0.05, 0) is 31.2 Å². The molecule has 45 heavy (non-hydrogen) atoms. The molecule has 4 heterocycles. The molecule has 0 saturated carbocycles. The third-order valence-electron chi connectivity index (χ3n) is 10.4. The Bertz CT molecular complexity index is 1240. The summed E-state index contributed by atoms with van der Waals surface area (Å²) >= 11 is 0. The number of carbonyl (C=O) groups is 3. The van der Waals surface area contributed by atoms with E-state index in [1.165, 1.54) is 0 Å². The fourth-order valence-corrected chi connectivity index (χ4v) is 8.30. The molecule has 246 valence electrons. The van der Waals surface area contributed by atoms with E-state index in [4.69, 9.17) is 9.47 Å². The van der Waals surface area contributed by atoms with Crippen LogP contribution in [0.5, 0.6) is 0 Å². The van der Waals surface area contributed by atoms with Crippen molar-refractivity contribution in [3.63, 3.8) is 0 Å². The predicted octanol–water partition coefficient (Wildman–Crippen LogP) is 2.65. The van der Waals surface area contributed by atoms with Crippen LogP contribution in [0.4, 0.5) is 0 Å². The number of likely N-dealkylation sites (tertiary alicyclic amines) is 1. The fraction of sp³-hybridized carbons (Fsp3) is 0.629. The largest absolute Gasteiger partial charge is 0.394 e. The molecule has 4 aliphatic rings. The fourth-order valence-electron chi connectivity index (χ4n) is 8.30. The van der Waals surface area contributed by atoms with Gasteiger partial charge in [-0.1, -0.05) is 56.3 Å². The summed E-state index contributed by atoms with van der Waals surface area (Å²) < 4.78 is 12.5. The average molecular weight is 623 g/mol. The summed E-state index contributed by atoms with van der Waals surface area (Å²) in [5.74, 6) is -2.22. The second-order valence-corrected chi connectivity index (χ2v) is 12.8. The molecule has 0 aromatic heterocycles. The van der Waals surface area contributed by atoms with Gasteiger partial charge in [-0.25, -0.2) is 0 Å². The Labute approximate surface area is 267 Å². The number of aliphatic hydroxyl groups is 1. The summed E-state index contributed by atoms with van der Waals surface area (Å²) in [4.78, 5) is 51.6. The highest BCUT2D eigenvalue weighted by molar-refractivity contribution is 5.99. The molecule has 2 bridgehead atoms. The van der Waals surface area contributed by atoms with Gasteiger partial charge in [0.25, 0.3) is 0 Å². The summed E-state index contributed by atoms with van der Waals surface area (Å²) in [7, 11) is 0. The predicted molar refractivity (Wildman–Crippen MR) is 171 cm³/mol. The van der Waals surface area contributed by atoms with Gasteiger partial charge in [0.1, 0.15) is 11.6 Å². The zero-order chi connectivity index (χ0) is 32.2. The first-order chi connectivity index (χ1) is 21.8. The van der Waals surface area contributed by atoms with Crippen LogP contribution in [0.1, 0.15) is 51.1 Å². The highest BCUT2D eigenvalue weighted by atomic mass is 16.5. The number of morpholine rings is 1. The standard InChI is InChI=1S/C35H50N4O6/c1-5-16-37(17-6-2)31(41)28-29-32(42)39(27(25-40)26-12-10-9-11-13-26)30(35(29)15-14-34(28,8-4)45-35)33(43)38(18-7-3)20-19-36-21-23-44-24-22-36/h5,7,9-13,27-30,40H,1,3,6,8,14-25H2,2,4H3/t27-,28-,29+,30?,34+,35?/m1/s1. The third-order valence-corrected chi connectivity index (χ3v) is 10.4. The second kappa shape index (κ2) is 14.2. The van der Waals surface area contributed by atoms with E-state index in [2.05, 4.69) is 18.1 Å². The number of fused-ring (bicyclic) bond motifs is 1. The molecular formula is C35H50N4O6. The Balaban J connectivity index is 1.58. The number of rotatable bonds is 15. The van der Waals surface area contributed by atoms with Gasteiger partial charge >= 0.3 is 0 Å². The molecule has 6 atom stereocenters. The van der Waals surface area contributed by atoms with Crippen molar-refractivity contribution in [2.45, 2.75) is 62.8 Å². The SMILES string of the molecule is C=CCN(CCN1CCOCC1)C(=O)C1N([C@H](CO)c2ccccc2)C(=O)[C@@H]2[C@H](C(=O)N(CC=C)CCC)[C@]3(CC)CCC12O3. The van der Waals surface area contributed by atoms with Gasteiger partial charge in [-0.2, -0.15) is 0 Å². The van der Waals surface area contributed by atoms with Crippen molar-refractivity contribution in [3.8, 4) is 0 Å². The third kappa shape index (κ3) is 5.86. The molecule has 1 aromatic rings. The maximum absolute atomic E-state index is 14.9. The van der Waals surface area contributed by atoms with Crippen LogP contribution in [-0.4, -0.2) is 125 Å². The van der Waals surface area contributed by atoms with Crippen LogP contribution < -0.4 is 0 Å². The van der Waals surface area contributed by atoms with Crippen LogP contribution >= 0.6 is 0 Å². The first kappa shape index (κ1) is 33.3. The van der Waals surface area contributed by atoms with Gasteiger partial charge in [0.2, 0.25) is 17.7 Å². The molecule has 4 fully saturated rings. The minimum absolute atomic E-state index is 0.123. The monoisotopic (exact) mass is 622 g/mol. The van der Waals surface area contributed by atoms with E-state index in [9.17, 15) is 19.5 Å². The topological polar surface area (TPSA) is 103 Å². The first-order valence-electron chi connectivity index (χ1n) is 16.6. The molecule has 1 spiro atoms. The van der Waals surface area contributed by atoms with E-state index in [-0.39, 0.29) is 24.3 Å². The Morgan fingerprint density at radius 3 is 2.31 bits per heavy atom. The van der Waals surface area contributed by atoms with Crippen LogP contribution in [0.15, 0.2) is 55.6 Å². The lowest BCUT2D eigenvalue weighted by atomic mass is 9.64. The molecule has 0 radical (unpaired) electrons. The van der Waals surface area contributed by atoms with E-state index in [1.54, 1.807) is 26.9 Å². The van der Waals surface area contributed by atoms with Crippen molar-refractivity contribution in [1.29, 1.82) is 0 Å². The summed E-state index contributed by atoms with van der Waals surface area (Å²) in [5, 5.41) is 10.8. The maximum atomic E-state index is 14.9. The van der Waals surface area contributed by atoms with Crippen LogP contribution in [-0.2, 0) is 23.9 Å². The summed E-state index contributed by atoms with van der Waals surface area (Å²) in [6, 6.07) is 7.56. The number of aliphatic hydroxyl groups excluding tert-OH is 1. The molecule has 3 amide bonds. The van der Waals surface area contributed by atoms with Gasteiger partial charge in [-0.15, -0.1) is 13.2 Å². The van der Waals surface area contributed by atoms with Gasteiger partial charge in [0, 0.05) is 45.8 Å². The van der Waals surface area contributed by atoms with Crippen LogP contribution in [0.3, 0.4) is 0 Å². The van der Waals surface area contributed by atoms with E-state index in [0.717, 1.165) is 25.1 Å². The van der Waals surface area contributed by atoms with E-state index in [1.807, 2.05) is 44.2 Å². The number of hydrogen-bond donors (Lipinski definition) is 1. The maximum Gasteiger partial charge on any atom is 0.248 e. The van der Waals surface area contributed by atoms with Crippen molar-refractivity contribution < 1.29 is 29.0 Å². The Kier molecular flexibility index (Phi) is 10.5. The normalized spacial score (nSPS) is 29.8. The van der Waals surface area contributed by atoms with Crippen molar-refractivity contribution >= 4 is 17.7 Å². The molecule has 2 unspecified atom stereocenters. The van der Waals surface area contributed by atoms with Gasteiger partial charge in [0.15, 0.2) is 0 Å². The number of ether oxygens (including phenoxy) is 2. The molecule has 10 nitrogen and oxygen atoms in total. The van der Waals surface area contributed by atoms with Crippen molar-refractivity contribution in [2.24, 2.45) is 11.8 Å². The zero-order valence-corrected chi connectivity index (χ0v) is 26.9. The average Bonchev–Trinajstić information content (AvgIpc) is 3.67. The quantitative estimate of drug-likeness (QED) is 0.300. The molecule has 4 saturated heterocycles. The lowest BCUT2D eigenvalue weighted by Gasteiger charge is -2.40. The van der Waals surface area contributed by atoms with E-state index in [0.29, 0.717) is 65.2 Å². The van der Waals surface area contributed by atoms with Crippen molar-refractivity contribution in [3.05, 3.63) is 61.2 Å². The highest BCUT2D eigenvalue weighted by Gasteiger charge is 2.79. The van der Waals surface area contributed by atoms with Gasteiger partial charge < -0.3 is 29.3 Å². The molecule has 0 aliphatic carbocycles.